The van der Waals surface area contributed by atoms with E-state index >= 15 is 0 Å². The van der Waals surface area contributed by atoms with Crippen LogP contribution < -0.4 is 4.90 Å². The van der Waals surface area contributed by atoms with Crippen molar-refractivity contribution < 1.29 is 14.0 Å². The Morgan fingerprint density at radius 3 is 2.71 bits per heavy atom. The number of benzene rings is 2. The lowest BCUT2D eigenvalue weighted by Gasteiger charge is -2.15. The summed E-state index contributed by atoms with van der Waals surface area (Å²) in [5, 5.41) is -0.472. The Morgan fingerprint density at radius 1 is 1.21 bits per heavy atom. The third-order valence-electron chi connectivity index (χ3n) is 4.15. The highest BCUT2D eigenvalue weighted by Crippen LogP contribution is 2.31. The second-order valence-corrected chi connectivity index (χ2v) is 6.12. The molecular formula is C18H13ClN2O3. The van der Waals surface area contributed by atoms with Gasteiger partial charge in [-0.2, -0.15) is 0 Å². The van der Waals surface area contributed by atoms with Crippen LogP contribution in [0.1, 0.15) is 6.42 Å². The van der Waals surface area contributed by atoms with Gasteiger partial charge in [-0.1, -0.05) is 18.2 Å². The van der Waals surface area contributed by atoms with Gasteiger partial charge in [0, 0.05) is 24.2 Å². The van der Waals surface area contributed by atoms with E-state index in [2.05, 4.69) is 4.98 Å². The van der Waals surface area contributed by atoms with Gasteiger partial charge < -0.3 is 9.32 Å². The fraction of sp³-hybridized carbons (Fsp3) is 0.167. The molecule has 1 aliphatic rings. The van der Waals surface area contributed by atoms with E-state index in [0.717, 1.165) is 5.56 Å². The summed E-state index contributed by atoms with van der Waals surface area (Å²) >= 11 is 5.52. The first kappa shape index (κ1) is 14.9. The fourth-order valence-electron chi connectivity index (χ4n) is 2.90. The predicted octanol–water partition coefficient (Wildman–Crippen LogP) is 3.61. The van der Waals surface area contributed by atoms with Crippen molar-refractivity contribution >= 4 is 39.5 Å². The topological polar surface area (TPSA) is 63.4 Å². The maximum absolute atomic E-state index is 12.1. The molecule has 1 fully saturated rings. The van der Waals surface area contributed by atoms with Crippen LogP contribution in [0.5, 0.6) is 0 Å². The molecular weight excluding hydrogens is 328 g/mol. The molecule has 1 saturated heterocycles. The van der Waals surface area contributed by atoms with Crippen LogP contribution in [-0.4, -0.2) is 22.7 Å². The van der Waals surface area contributed by atoms with Crippen LogP contribution in [0.25, 0.3) is 22.6 Å². The highest BCUT2D eigenvalue weighted by Gasteiger charge is 2.34. The molecule has 120 valence electrons. The van der Waals surface area contributed by atoms with Crippen LogP contribution in [0.3, 0.4) is 0 Å². The normalized spacial score (nSPS) is 17.6. The number of hydrogen-bond acceptors (Lipinski definition) is 4. The van der Waals surface area contributed by atoms with Gasteiger partial charge in [0.05, 0.1) is 5.92 Å². The molecule has 1 atom stereocenters. The Hall–Kier alpha value is -2.66. The molecule has 6 heteroatoms. The molecule has 0 N–H and O–H groups in total. The third kappa shape index (κ3) is 2.57. The lowest BCUT2D eigenvalue weighted by atomic mass is 10.1. The van der Waals surface area contributed by atoms with Crippen LogP contribution in [0.15, 0.2) is 52.9 Å². The molecule has 1 amide bonds. The summed E-state index contributed by atoms with van der Waals surface area (Å²) in [7, 11) is 0. The molecule has 1 aromatic heterocycles. The number of carbonyl (C=O) groups excluding carboxylic acids is 2. The molecule has 0 spiro atoms. The summed E-state index contributed by atoms with van der Waals surface area (Å²) in [6.07, 6.45) is 0.147. The zero-order valence-electron chi connectivity index (χ0n) is 12.6. The Labute approximate surface area is 142 Å². The minimum Gasteiger partial charge on any atom is -0.436 e. The van der Waals surface area contributed by atoms with Crippen molar-refractivity contribution in [1.29, 1.82) is 0 Å². The standard InChI is InChI=1S/C18H13ClN2O3/c19-17(23)12-8-16(22)21(10-12)13-6-7-15-14(9-13)20-18(24-15)11-4-2-1-3-5-11/h1-7,9,12H,8,10H2/t12-/m0/s1. The second kappa shape index (κ2) is 5.76. The van der Waals surface area contributed by atoms with Crippen LogP contribution >= 0.6 is 11.6 Å². The van der Waals surface area contributed by atoms with Crippen molar-refractivity contribution in [2.45, 2.75) is 6.42 Å². The van der Waals surface area contributed by atoms with Crippen molar-refractivity contribution in [2.75, 3.05) is 11.4 Å². The third-order valence-corrected chi connectivity index (χ3v) is 4.46. The Kier molecular flexibility index (Phi) is 3.58. The SMILES string of the molecule is O=C(Cl)[C@H]1CC(=O)N(c2ccc3oc(-c4ccccc4)nc3c2)C1. The summed E-state index contributed by atoms with van der Waals surface area (Å²) in [6, 6.07) is 15.0. The van der Waals surface area contributed by atoms with Gasteiger partial charge in [0.2, 0.25) is 17.0 Å². The Morgan fingerprint density at radius 2 is 2.00 bits per heavy atom. The largest absolute Gasteiger partial charge is 0.436 e. The fourth-order valence-corrected chi connectivity index (χ4v) is 3.04. The van der Waals surface area contributed by atoms with Gasteiger partial charge in [-0.05, 0) is 41.9 Å². The van der Waals surface area contributed by atoms with Gasteiger partial charge in [-0.25, -0.2) is 4.98 Å². The maximum atomic E-state index is 12.1. The van der Waals surface area contributed by atoms with Gasteiger partial charge in [0.25, 0.3) is 0 Å². The molecule has 0 unspecified atom stereocenters. The maximum Gasteiger partial charge on any atom is 0.227 e. The molecule has 5 nitrogen and oxygen atoms in total. The molecule has 1 aliphatic heterocycles. The first-order chi connectivity index (χ1) is 11.6. The summed E-state index contributed by atoms with van der Waals surface area (Å²) in [6.45, 7) is 0.302. The Bertz CT molecular complexity index is 936. The average molecular weight is 341 g/mol. The van der Waals surface area contributed by atoms with Crippen LogP contribution in [0.4, 0.5) is 5.69 Å². The minimum absolute atomic E-state index is 0.111. The molecule has 0 radical (unpaired) electrons. The van der Waals surface area contributed by atoms with E-state index < -0.39 is 11.2 Å². The number of carbonyl (C=O) groups is 2. The number of aromatic nitrogens is 1. The highest BCUT2D eigenvalue weighted by atomic mass is 35.5. The van der Waals surface area contributed by atoms with E-state index in [1.54, 1.807) is 23.1 Å². The smallest absolute Gasteiger partial charge is 0.227 e. The first-order valence-electron chi connectivity index (χ1n) is 7.57. The van der Waals surface area contributed by atoms with Crippen LogP contribution in [0, 0.1) is 5.92 Å². The zero-order valence-corrected chi connectivity index (χ0v) is 13.4. The molecule has 4 rings (SSSR count). The van der Waals surface area contributed by atoms with Gasteiger partial charge in [0.15, 0.2) is 5.58 Å². The lowest BCUT2D eigenvalue weighted by Crippen LogP contribution is -2.25. The number of fused-ring (bicyclic) bond motifs is 1. The van der Waals surface area contributed by atoms with Crippen LogP contribution in [-0.2, 0) is 9.59 Å². The lowest BCUT2D eigenvalue weighted by molar-refractivity contribution is -0.120. The van der Waals surface area contributed by atoms with E-state index in [1.165, 1.54) is 0 Å². The summed E-state index contributed by atoms with van der Waals surface area (Å²) in [5.74, 6) is -0.0310. The number of oxazole rings is 1. The predicted molar refractivity (Wildman–Crippen MR) is 90.8 cm³/mol. The number of halogens is 1. The van der Waals surface area contributed by atoms with E-state index in [-0.39, 0.29) is 12.3 Å². The highest BCUT2D eigenvalue weighted by molar-refractivity contribution is 6.64. The molecule has 24 heavy (non-hydrogen) atoms. The van der Waals surface area contributed by atoms with E-state index in [0.29, 0.717) is 29.2 Å². The van der Waals surface area contributed by atoms with Crippen LogP contribution in [0.2, 0.25) is 0 Å². The first-order valence-corrected chi connectivity index (χ1v) is 7.95. The number of rotatable bonds is 3. The number of hydrogen-bond donors (Lipinski definition) is 0. The molecule has 0 aliphatic carbocycles. The van der Waals surface area contributed by atoms with Crippen molar-refractivity contribution in [3.63, 3.8) is 0 Å². The molecule has 2 heterocycles. The monoisotopic (exact) mass is 340 g/mol. The number of anilines is 1. The number of amides is 1. The van der Waals surface area contributed by atoms with Crippen molar-refractivity contribution in [1.82, 2.24) is 4.98 Å². The summed E-state index contributed by atoms with van der Waals surface area (Å²) in [4.78, 5) is 29.5. The van der Waals surface area contributed by atoms with Gasteiger partial charge in [0.1, 0.15) is 5.52 Å². The summed E-state index contributed by atoms with van der Waals surface area (Å²) in [5.41, 5.74) is 2.90. The average Bonchev–Trinajstić information content (AvgIpc) is 3.18. The van der Waals surface area contributed by atoms with Crippen molar-refractivity contribution in [3.05, 3.63) is 48.5 Å². The second-order valence-electron chi connectivity index (χ2n) is 5.75. The zero-order chi connectivity index (χ0) is 16.7. The minimum atomic E-state index is -0.472. The quantitative estimate of drug-likeness (QED) is 0.683. The molecule has 0 bridgehead atoms. The van der Waals surface area contributed by atoms with E-state index in [9.17, 15) is 9.59 Å². The van der Waals surface area contributed by atoms with Gasteiger partial charge in [-0.3, -0.25) is 9.59 Å². The van der Waals surface area contributed by atoms with Crippen molar-refractivity contribution in [2.24, 2.45) is 5.92 Å². The van der Waals surface area contributed by atoms with Crippen molar-refractivity contribution in [3.8, 4) is 11.5 Å². The summed E-state index contributed by atoms with van der Waals surface area (Å²) < 4.78 is 5.77. The van der Waals surface area contributed by atoms with E-state index in [1.807, 2.05) is 30.3 Å². The molecule has 3 aromatic rings. The number of nitrogens with zero attached hydrogens (tertiary/aromatic N) is 2. The molecule has 2 aromatic carbocycles. The molecule has 0 saturated carbocycles. The van der Waals surface area contributed by atoms with Gasteiger partial charge >= 0.3 is 0 Å². The Balaban J connectivity index is 1.69. The van der Waals surface area contributed by atoms with E-state index in [4.69, 9.17) is 16.0 Å². The van der Waals surface area contributed by atoms with Gasteiger partial charge in [-0.15, -0.1) is 0 Å².